The van der Waals surface area contributed by atoms with Crippen LogP contribution in [0.15, 0.2) is 34.1 Å². The first-order chi connectivity index (χ1) is 9.65. The number of thiophene rings is 1. The third-order valence-corrected chi connectivity index (χ3v) is 4.74. The van der Waals surface area contributed by atoms with Gasteiger partial charge in [0.25, 0.3) is 0 Å². The van der Waals surface area contributed by atoms with Crippen LogP contribution in [0, 0.1) is 5.82 Å². The molecule has 20 heavy (non-hydrogen) atoms. The molecule has 1 aromatic carbocycles. The molecule has 1 unspecified atom stereocenters. The maximum atomic E-state index is 13.9. The number of benzene rings is 1. The molecule has 108 valence electrons. The molecule has 2 aromatic rings. The Morgan fingerprint density at radius 3 is 2.75 bits per heavy atom. The van der Waals surface area contributed by atoms with Gasteiger partial charge in [-0.2, -0.15) is 0 Å². The minimum Gasteiger partial charge on any atom is -0.494 e. The topological polar surface area (TPSA) is 21.3 Å². The highest BCUT2D eigenvalue weighted by Gasteiger charge is 2.17. The average molecular weight is 358 g/mol. The van der Waals surface area contributed by atoms with Crippen LogP contribution in [-0.2, 0) is 0 Å². The van der Waals surface area contributed by atoms with E-state index in [1.807, 2.05) is 11.4 Å². The smallest absolute Gasteiger partial charge is 0.165 e. The van der Waals surface area contributed by atoms with Crippen LogP contribution in [0.5, 0.6) is 5.75 Å². The lowest BCUT2D eigenvalue weighted by Crippen LogP contribution is -2.22. The summed E-state index contributed by atoms with van der Waals surface area (Å²) in [7, 11) is 1.47. The van der Waals surface area contributed by atoms with Gasteiger partial charge in [0.2, 0.25) is 0 Å². The molecule has 1 heterocycles. The van der Waals surface area contributed by atoms with E-state index < -0.39 is 0 Å². The summed E-state index contributed by atoms with van der Waals surface area (Å²) in [6.07, 6.45) is 1.03. The molecule has 1 atom stereocenters. The van der Waals surface area contributed by atoms with Crippen molar-refractivity contribution in [3.8, 4) is 5.75 Å². The molecular weight excluding hydrogens is 341 g/mol. The van der Waals surface area contributed by atoms with E-state index in [4.69, 9.17) is 4.74 Å². The van der Waals surface area contributed by atoms with Gasteiger partial charge in [0, 0.05) is 14.7 Å². The third kappa shape index (κ3) is 3.59. The number of rotatable bonds is 6. The summed E-state index contributed by atoms with van der Waals surface area (Å²) in [5, 5.41) is 5.50. The number of ether oxygens (including phenoxy) is 1. The Bertz CT molecular complexity index is 573. The molecule has 0 aliphatic rings. The summed E-state index contributed by atoms with van der Waals surface area (Å²) in [4.78, 5) is 1.16. The first kappa shape index (κ1) is 15.5. The fourth-order valence-electron chi connectivity index (χ4n) is 2.01. The van der Waals surface area contributed by atoms with E-state index >= 15 is 0 Å². The molecule has 2 nitrogen and oxygen atoms in total. The highest BCUT2D eigenvalue weighted by molar-refractivity contribution is 9.10. The van der Waals surface area contributed by atoms with E-state index in [1.54, 1.807) is 23.5 Å². The maximum absolute atomic E-state index is 13.9. The number of methoxy groups -OCH3 is 1. The number of nitrogens with one attached hydrogen (secondary N) is 1. The van der Waals surface area contributed by atoms with Crippen LogP contribution < -0.4 is 10.1 Å². The lowest BCUT2D eigenvalue weighted by molar-refractivity contribution is 0.385. The Kier molecular flexibility index (Phi) is 5.57. The summed E-state index contributed by atoms with van der Waals surface area (Å²) in [5.74, 6) is -0.0562. The molecule has 0 saturated heterocycles. The lowest BCUT2D eigenvalue weighted by atomic mass is 10.0. The molecule has 2 rings (SSSR count). The molecule has 0 aliphatic carbocycles. The second-order valence-electron chi connectivity index (χ2n) is 4.45. The van der Waals surface area contributed by atoms with E-state index in [0.29, 0.717) is 0 Å². The highest BCUT2D eigenvalue weighted by atomic mass is 79.9. The normalized spacial score (nSPS) is 12.4. The van der Waals surface area contributed by atoms with Gasteiger partial charge in [0.1, 0.15) is 0 Å². The van der Waals surface area contributed by atoms with Gasteiger partial charge in [-0.3, -0.25) is 0 Å². The Morgan fingerprint density at radius 2 is 2.20 bits per heavy atom. The van der Waals surface area contributed by atoms with Crippen molar-refractivity contribution in [1.29, 1.82) is 0 Å². The zero-order chi connectivity index (χ0) is 14.5. The molecule has 0 fully saturated rings. The number of halogens is 2. The van der Waals surface area contributed by atoms with Crippen molar-refractivity contribution in [3.05, 3.63) is 50.4 Å². The van der Waals surface area contributed by atoms with Crippen molar-refractivity contribution in [2.45, 2.75) is 19.4 Å². The zero-order valence-electron chi connectivity index (χ0n) is 11.5. The van der Waals surface area contributed by atoms with Crippen LogP contribution in [0.4, 0.5) is 4.39 Å². The average Bonchev–Trinajstić information content (AvgIpc) is 2.86. The summed E-state index contributed by atoms with van der Waals surface area (Å²) >= 11 is 5.12. The Labute approximate surface area is 131 Å². The van der Waals surface area contributed by atoms with Crippen LogP contribution in [0.2, 0.25) is 0 Å². The van der Waals surface area contributed by atoms with Crippen LogP contribution in [0.25, 0.3) is 0 Å². The zero-order valence-corrected chi connectivity index (χ0v) is 13.9. The van der Waals surface area contributed by atoms with Crippen molar-refractivity contribution in [3.63, 3.8) is 0 Å². The van der Waals surface area contributed by atoms with Gasteiger partial charge in [-0.05, 0) is 52.7 Å². The van der Waals surface area contributed by atoms with Gasteiger partial charge in [-0.15, -0.1) is 11.3 Å². The molecule has 0 saturated carbocycles. The van der Waals surface area contributed by atoms with Gasteiger partial charge in [0.05, 0.1) is 13.2 Å². The fraction of sp³-hybridized carbons (Fsp3) is 0.333. The monoisotopic (exact) mass is 357 g/mol. The third-order valence-electron chi connectivity index (χ3n) is 2.98. The van der Waals surface area contributed by atoms with Crippen molar-refractivity contribution in [2.24, 2.45) is 0 Å². The van der Waals surface area contributed by atoms with Crippen molar-refractivity contribution in [2.75, 3.05) is 13.7 Å². The summed E-state index contributed by atoms with van der Waals surface area (Å²) in [6, 6.07) is 7.20. The standard InChI is InChI=1S/C15H17BrFNOS/c1-3-6-18-15(14-8-11(16)9-20-14)10-4-5-13(19-2)12(17)7-10/h4-5,7-9,15,18H,3,6H2,1-2H3. The maximum Gasteiger partial charge on any atom is 0.165 e. The molecule has 0 spiro atoms. The number of hydrogen-bond acceptors (Lipinski definition) is 3. The van der Waals surface area contributed by atoms with Crippen LogP contribution in [-0.4, -0.2) is 13.7 Å². The summed E-state index contributed by atoms with van der Waals surface area (Å²) < 4.78 is 19.9. The van der Waals surface area contributed by atoms with E-state index in [-0.39, 0.29) is 17.6 Å². The van der Waals surface area contributed by atoms with Gasteiger partial charge in [-0.1, -0.05) is 13.0 Å². The molecule has 0 radical (unpaired) electrons. The largest absolute Gasteiger partial charge is 0.494 e. The fourth-order valence-corrected chi connectivity index (χ4v) is 3.56. The number of hydrogen-bond donors (Lipinski definition) is 1. The first-order valence-electron chi connectivity index (χ1n) is 6.46. The second kappa shape index (κ2) is 7.20. The summed E-state index contributed by atoms with van der Waals surface area (Å²) in [6.45, 7) is 3.00. The molecule has 1 N–H and O–H groups in total. The van der Waals surface area contributed by atoms with Gasteiger partial charge in [0.15, 0.2) is 11.6 Å². The Hall–Kier alpha value is -0.910. The molecule has 0 aliphatic heterocycles. The van der Waals surface area contributed by atoms with E-state index in [0.717, 1.165) is 27.9 Å². The first-order valence-corrected chi connectivity index (χ1v) is 8.13. The minimum atomic E-state index is -0.330. The quantitative estimate of drug-likeness (QED) is 0.805. The SMILES string of the molecule is CCCNC(c1ccc(OC)c(F)c1)c1cc(Br)cs1. The van der Waals surface area contributed by atoms with Gasteiger partial charge >= 0.3 is 0 Å². The van der Waals surface area contributed by atoms with Crippen LogP contribution in [0.1, 0.15) is 29.8 Å². The summed E-state index contributed by atoms with van der Waals surface area (Å²) in [5.41, 5.74) is 0.908. The minimum absolute atomic E-state index is 0.00616. The Morgan fingerprint density at radius 1 is 1.40 bits per heavy atom. The second-order valence-corrected chi connectivity index (χ2v) is 6.31. The molecule has 0 amide bonds. The predicted molar refractivity (Wildman–Crippen MR) is 85.1 cm³/mol. The Balaban J connectivity index is 2.33. The van der Waals surface area contributed by atoms with Gasteiger partial charge in [-0.25, -0.2) is 4.39 Å². The predicted octanol–water partition coefficient (Wildman–Crippen LogP) is 4.75. The molecular formula is C15H17BrFNOS. The van der Waals surface area contributed by atoms with Crippen LogP contribution in [0.3, 0.4) is 0 Å². The van der Waals surface area contributed by atoms with Crippen molar-refractivity contribution in [1.82, 2.24) is 5.32 Å². The van der Waals surface area contributed by atoms with Crippen molar-refractivity contribution < 1.29 is 9.13 Å². The highest BCUT2D eigenvalue weighted by Crippen LogP contribution is 2.31. The lowest BCUT2D eigenvalue weighted by Gasteiger charge is -2.18. The van der Waals surface area contributed by atoms with Crippen LogP contribution >= 0.6 is 27.3 Å². The van der Waals surface area contributed by atoms with Gasteiger partial charge < -0.3 is 10.1 Å². The van der Waals surface area contributed by atoms with Crippen molar-refractivity contribution >= 4 is 27.3 Å². The van der Waals surface area contributed by atoms with E-state index in [2.05, 4.69) is 34.2 Å². The van der Waals surface area contributed by atoms with E-state index in [1.165, 1.54) is 7.11 Å². The molecule has 1 aromatic heterocycles. The molecule has 0 bridgehead atoms. The van der Waals surface area contributed by atoms with E-state index in [9.17, 15) is 4.39 Å². The molecule has 5 heteroatoms.